The van der Waals surface area contributed by atoms with Crippen molar-refractivity contribution in [1.82, 2.24) is 0 Å². The minimum atomic E-state index is -0.0382. The van der Waals surface area contributed by atoms with E-state index in [0.717, 1.165) is 6.42 Å². The van der Waals surface area contributed by atoms with E-state index in [1.54, 1.807) is 0 Å². The van der Waals surface area contributed by atoms with Gasteiger partial charge in [0.1, 0.15) is 6.04 Å². The summed E-state index contributed by atoms with van der Waals surface area (Å²) < 4.78 is 0. The summed E-state index contributed by atoms with van der Waals surface area (Å²) in [4.78, 5) is 10.9. The molecule has 0 spiro atoms. The number of nitrogens with zero attached hydrogens (tertiary/aromatic N) is 1. The fourth-order valence-corrected chi connectivity index (χ4v) is 2.65. The molecule has 0 amide bonds. The number of nitroso groups, excluding NO2 is 1. The third-order valence-corrected chi connectivity index (χ3v) is 4.04. The van der Waals surface area contributed by atoms with E-state index in [9.17, 15) is 4.91 Å². The lowest BCUT2D eigenvalue weighted by molar-refractivity contribution is 0.0275. The first-order valence-electron chi connectivity index (χ1n) is 5.15. The molecule has 1 fully saturated rings. The molecular formula is C11H21NO. The summed E-state index contributed by atoms with van der Waals surface area (Å²) in [7, 11) is 0. The second-order valence-corrected chi connectivity index (χ2v) is 5.76. The van der Waals surface area contributed by atoms with Crippen molar-refractivity contribution in [2.75, 3.05) is 0 Å². The summed E-state index contributed by atoms with van der Waals surface area (Å²) in [5.41, 5.74) is 0.140. The van der Waals surface area contributed by atoms with Gasteiger partial charge in [-0.2, -0.15) is 4.91 Å². The van der Waals surface area contributed by atoms with Crippen LogP contribution in [0.2, 0.25) is 0 Å². The Labute approximate surface area is 81.1 Å². The summed E-state index contributed by atoms with van der Waals surface area (Å²) in [6.07, 6.45) is 2.33. The van der Waals surface area contributed by atoms with Crippen LogP contribution in [0.3, 0.4) is 0 Å². The van der Waals surface area contributed by atoms with Crippen molar-refractivity contribution in [2.24, 2.45) is 21.9 Å². The van der Waals surface area contributed by atoms with Crippen LogP contribution in [0.15, 0.2) is 5.18 Å². The zero-order valence-electron chi connectivity index (χ0n) is 9.42. The molecule has 0 saturated heterocycles. The van der Waals surface area contributed by atoms with E-state index in [4.69, 9.17) is 0 Å². The van der Waals surface area contributed by atoms with Crippen LogP contribution in [0.1, 0.15) is 47.5 Å². The molecule has 0 bridgehead atoms. The Morgan fingerprint density at radius 3 is 2.15 bits per heavy atom. The summed E-state index contributed by atoms with van der Waals surface area (Å²) in [6.45, 7) is 10.9. The Hall–Kier alpha value is -0.400. The van der Waals surface area contributed by atoms with Gasteiger partial charge in [-0.05, 0) is 29.6 Å². The molecule has 0 heterocycles. The van der Waals surface area contributed by atoms with Gasteiger partial charge in [0.15, 0.2) is 0 Å². The van der Waals surface area contributed by atoms with E-state index < -0.39 is 0 Å². The van der Waals surface area contributed by atoms with E-state index in [1.165, 1.54) is 6.42 Å². The minimum absolute atomic E-state index is 0.0382. The Morgan fingerprint density at radius 2 is 1.77 bits per heavy atom. The predicted octanol–water partition coefficient (Wildman–Crippen LogP) is 3.60. The number of hydrogen-bond donors (Lipinski definition) is 0. The van der Waals surface area contributed by atoms with E-state index in [2.05, 4.69) is 39.8 Å². The molecule has 0 aromatic carbocycles. The van der Waals surface area contributed by atoms with Gasteiger partial charge < -0.3 is 0 Å². The van der Waals surface area contributed by atoms with E-state index in [-0.39, 0.29) is 16.9 Å². The Bertz CT molecular complexity index is 208. The maximum Gasteiger partial charge on any atom is 0.102 e. The van der Waals surface area contributed by atoms with Crippen molar-refractivity contribution < 1.29 is 0 Å². The lowest BCUT2D eigenvalue weighted by Crippen LogP contribution is -2.48. The maximum atomic E-state index is 10.9. The average Bonchev–Trinajstić information content (AvgIpc) is 1.98. The van der Waals surface area contributed by atoms with Crippen molar-refractivity contribution in [2.45, 2.75) is 53.5 Å². The lowest BCUT2D eigenvalue weighted by Gasteiger charge is -2.48. The van der Waals surface area contributed by atoms with Crippen LogP contribution < -0.4 is 0 Å². The highest BCUT2D eigenvalue weighted by Crippen LogP contribution is 2.50. The predicted molar refractivity (Wildman–Crippen MR) is 55.5 cm³/mol. The minimum Gasteiger partial charge on any atom is -0.150 e. The van der Waals surface area contributed by atoms with E-state index in [0.29, 0.717) is 5.92 Å². The molecule has 0 N–H and O–H groups in total. The Morgan fingerprint density at radius 1 is 1.23 bits per heavy atom. The normalized spacial score (nSPS) is 37.0. The molecule has 1 aliphatic carbocycles. The molecule has 2 nitrogen and oxygen atoms in total. The molecule has 2 atom stereocenters. The highest BCUT2D eigenvalue weighted by molar-refractivity contribution is 5.00. The fraction of sp³-hybridized carbons (Fsp3) is 1.00. The molecule has 0 aromatic heterocycles. The van der Waals surface area contributed by atoms with E-state index in [1.807, 2.05) is 0 Å². The highest BCUT2D eigenvalue weighted by atomic mass is 16.3. The number of rotatable bonds is 1. The zero-order valence-corrected chi connectivity index (χ0v) is 9.42. The van der Waals surface area contributed by atoms with Crippen LogP contribution in [-0.4, -0.2) is 6.04 Å². The largest absolute Gasteiger partial charge is 0.150 e. The summed E-state index contributed by atoms with van der Waals surface area (Å²) in [5, 5.41) is 3.35. The van der Waals surface area contributed by atoms with Crippen LogP contribution in [0.4, 0.5) is 0 Å². The molecule has 0 aromatic rings. The second kappa shape index (κ2) is 3.07. The first kappa shape index (κ1) is 10.7. The molecule has 13 heavy (non-hydrogen) atoms. The fourth-order valence-electron chi connectivity index (χ4n) is 2.65. The molecule has 2 heteroatoms. The monoisotopic (exact) mass is 183 g/mol. The molecule has 0 aliphatic heterocycles. The summed E-state index contributed by atoms with van der Waals surface area (Å²) in [5.74, 6) is 0.600. The third-order valence-electron chi connectivity index (χ3n) is 4.04. The van der Waals surface area contributed by atoms with Crippen LogP contribution >= 0.6 is 0 Å². The number of hydrogen-bond acceptors (Lipinski definition) is 2. The van der Waals surface area contributed by atoms with Gasteiger partial charge >= 0.3 is 0 Å². The van der Waals surface area contributed by atoms with Gasteiger partial charge in [-0.25, -0.2) is 0 Å². The molecular weight excluding hydrogens is 162 g/mol. The van der Waals surface area contributed by atoms with Crippen molar-refractivity contribution in [3.63, 3.8) is 0 Å². The first-order valence-corrected chi connectivity index (χ1v) is 5.15. The maximum absolute atomic E-state index is 10.9. The van der Waals surface area contributed by atoms with Crippen molar-refractivity contribution >= 4 is 0 Å². The average molecular weight is 183 g/mol. The van der Waals surface area contributed by atoms with Gasteiger partial charge in [0.25, 0.3) is 0 Å². The van der Waals surface area contributed by atoms with Crippen molar-refractivity contribution in [3.05, 3.63) is 4.91 Å². The second-order valence-electron chi connectivity index (χ2n) is 5.76. The van der Waals surface area contributed by atoms with E-state index >= 15 is 0 Å². The molecule has 1 aliphatic rings. The van der Waals surface area contributed by atoms with Crippen molar-refractivity contribution in [3.8, 4) is 0 Å². The van der Waals surface area contributed by atoms with Gasteiger partial charge in [0, 0.05) is 0 Å². The lowest BCUT2D eigenvalue weighted by atomic mass is 9.57. The first-order chi connectivity index (χ1) is 5.82. The summed E-state index contributed by atoms with van der Waals surface area (Å²) in [6, 6.07) is -0.0382. The van der Waals surface area contributed by atoms with Gasteiger partial charge in [0.05, 0.1) is 0 Å². The van der Waals surface area contributed by atoms with Gasteiger partial charge in [0.2, 0.25) is 0 Å². The Balaban J connectivity index is 2.98. The molecule has 1 rings (SSSR count). The highest BCUT2D eigenvalue weighted by Gasteiger charge is 2.48. The topological polar surface area (TPSA) is 29.4 Å². The van der Waals surface area contributed by atoms with Crippen LogP contribution in [0.5, 0.6) is 0 Å². The SMILES string of the molecule is CC1CCC(C)(C)C(N=O)C1(C)C. The summed E-state index contributed by atoms with van der Waals surface area (Å²) >= 11 is 0. The van der Waals surface area contributed by atoms with Crippen LogP contribution in [0, 0.1) is 21.7 Å². The molecule has 76 valence electrons. The molecule has 0 radical (unpaired) electrons. The molecule has 2 unspecified atom stereocenters. The van der Waals surface area contributed by atoms with Gasteiger partial charge in [-0.15, -0.1) is 0 Å². The smallest absolute Gasteiger partial charge is 0.102 e. The Kier molecular flexibility index (Phi) is 2.52. The van der Waals surface area contributed by atoms with Crippen molar-refractivity contribution in [1.29, 1.82) is 0 Å². The van der Waals surface area contributed by atoms with Gasteiger partial charge in [-0.3, -0.25) is 0 Å². The standard InChI is InChI=1S/C11H21NO/c1-8-6-7-10(2,3)9(12-13)11(8,4)5/h8-9H,6-7H2,1-5H3. The third kappa shape index (κ3) is 1.63. The zero-order chi connectivity index (χ0) is 10.3. The van der Waals surface area contributed by atoms with Crippen LogP contribution in [-0.2, 0) is 0 Å². The van der Waals surface area contributed by atoms with Crippen LogP contribution in [0.25, 0.3) is 0 Å². The molecule has 1 saturated carbocycles. The van der Waals surface area contributed by atoms with Gasteiger partial charge in [-0.1, -0.05) is 39.8 Å². The quantitative estimate of drug-likeness (QED) is 0.571.